The number of nitrogens with zero attached hydrogens (tertiary/aromatic N) is 4. The van der Waals surface area contributed by atoms with Gasteiger partial charge >= 0.3 is 0 Å². The van der Waals surface area contributed by atoms with Crippen LogP contribution < -0.4 is 0 Å². The molecule has 0 saturated heterocycles. The molecule has 2 rings (SSSR count). The minimum atomic E-state index is -0.466. The summed E-state index contributed by atoms with van der Waals surface area (Å²) in [7, 11) is 0. The maximum atomic E-state index is 10.00. The molecule has 0 aliphatic heterocycles. The second-order valence-electron chi connectivity index (χ2n) is 5.05. The van der Waals surface area contributed by atoms with Crippen LogP contribution in [-0.2, 0) is 25.9 Å². The van der Waals surface area contributed by atoms with E-state index >= 15 is 0 Å². The quantitative estimate of drug-likeness (QED) is 0.881. The van der Waals surface area contributed by atoms with Gasteiger partial charge in [0.1, 0.15) is 0 Å². The van der Waals surface area contributed by atoms with Crippen molar-refractivity contribution in [3.05, 3.63) is 34.9 Å². The zero-order valence-corrected chi connectivity index (χ0v) is 12.8. The molecule has 110 valence electrons. The second-order valence-corrected chi connectivity index (χ2v) is 5.05. The van der Waals surface area contributed by atoms with E-state index in [1.807, 2.05) is 22.5 Å². The van der Waals surface area contributed by atoms with E-state index in [2.05, 4.69) is 37.2 Å². The Hall–Kier alpha value is -1.62. The van der Waals surface area contributed by atoms with Crippen LogP contribution >= 0.6 is 0 Å². The maximum absolute atomic E-state index is 10.00. The fourth-order valence-electron chi connectivity index (χ4n) is 2.65. The molecule has 0 fully saturated rings. The number of hydrogen-bond donors (Lipinski definition) is 1. The summed E-state index contributed by atoms with van der Waals surface area (Å²) in [6.45, 7) is 9.65. The van der Waals surface area contributed by atoms with Crippen LogP contribution in [0.25, 0.3) is 0 Å². The van der Waals surface area contributed by atoms with E-state index in [0.717, 1.165) is 41.9 Å². The van der Waals surface area contributed by atoms with E-state index in [4.69, 9.17) is 0 Å². The first-order valence-corrected chi connectivity index (χ1v) is 7.38. The van der Waals surface area contributed by atoms with Crippen molar-refractivity contribution in [2.75, 3.05) is 0 Å². The number of aryl methyl sites for hydroxylation is 2. The lowest BCUT2D eigenvalue weighted by Gasteiger charge is -2.09. The number of aliphatic hydroxyl groups is 1. The Labute approximate surface area is 120 Å². The third kappa shape index (κ3) is 2.77. The van der Waals surface area contributed by atoms with Crippen LogP contribution in [0.3, 0.4) is 0 Å². The molecule has 0 spiro atoms. The van der Waals surface area contributed by atoms with Crippen LogP contribution in [0.15, 0.2) is 12.4 Å². The van der Waals surface area contributed by atoms with Gasteiger partial charge in [0, 0.05) is 29.6 Å². The maximum Gasteiger partial charge on any atom is 0.0798 e. The lowest BCUT2D eigenvalue weighted by atomic mass is 10.0. The molecule has 0 aromatic carbocycles. The zero-order chi connectivity index (χ0) is 14.7. The topological polar surface area (TPSA) is 55.9 Å². The van der Waals surface area contributed by atoms with Crippen molar-refractivity contribution in [1.29, 1.82) is 0 Å². The average Bonchev–Trinajstić information content (AvgIpc) is 3.02. The minimum Gasteiger partial charge on any atom is -0.389 e. The molecule has 1 unspecified atom stereocenters. The first-order chi connectivity index (χ1) is 9.60. The highest BCUT2D eigenvalue weighted by Crippen LogP contribution is 2.24. The van der Waals surface area contributed by atoms with Gasteiger partial charge in [0.15, 0.2) is 0 Å². The number of rotatable bonds is 6. The van der Waals surface area contributed by atoms with E-state index in [0.29, 0.717) is 6.54 Å². The Morgan fingerprint density at radius 2 is 2.00 bits per heavy atom. The number of aromatic nitrogens is 4. The molecule has 1 atom stereocenters. The highest BCUT2D eigenvalue weighted by molar-refractivity contribution is 5.29. The molecule has 5 nitrogen and oxygen atoms in total. The monoisotopic (exact) mass is 276 g/mol. The van der Waals surface area contributed by atoms with Crippen LogP contribution in [0.1, 0.15) is 56.3 Å². The van der Waals surface area contributed by atoms with E-state index in [1.165, 1.54) is 0 Å². The summed E-state index contributed by atoms with van der Waals surface area (Å²) in [5.74, 6) is 0. The Morgan fingerprint density at radius 1 is 1.25 bits per heavy atom. The third-order valence-corrected chi connectivity index (χ3v) is 3.61. The Balaban J connectivity index is 2.35. The van der Waals surface area contributed by atoms with Crippen LogP contribution in [0.4, 0.5) is 0 Å². The van der Waals surface area contributed by atoms with Crippen molar-refractivity contribution < 1.29 is 5.11 Å². The van der Waals surface area contributed by atoms with Gasteiger partial charge in [0.05, 0.1) is 24.5 Å². The van der Waals surface area contributed by atoms with Gasteiger partial charge in [-0.05, 0) is 26.7 Å². The molecule has 0 aliphatic rings. The summed E-state index contributed by atoms with van der Waals surface area (Å²) in [6, 6.07) is 0. The van der Waals surface area contributed by atoms with Crippen LogP contribution in [0.2, 0.25) is 0 Å². The molecular weight excluding hydrogens is 252 g/mol. The molecule has 0 saturated carbocycles. The lowest BCUT2D eigenvalue weighted by molar-refractivity contribution is 0.197. The fraction of sp³-hybridized carbons (Fsp3) is 0.600. The molecule has 1 N–H and O–H groups in total. The number of hydrogen-bond acceptors (Lipinski definition) is 3. The van der Waals surface area contributed by atoms with Crippen LogP contribution in [0, 0.1) is 0 Å². The summed E-state index contributed by atoms with van der Waals surface area (Å²) in [5.41, 5.74) is 4.27. The molecule has 2 aromatic rings. The van der Waals surface area contributed by atoms with Crippen LogP contribution in [-0.4, -0.2) is 24.7 Å². The third-order valence-electron chi connectivity index (χ3n) is 3.61. The summed E-state index contributed by atoms with van der Waals surface area (Å²) < 4.78 is 3.93. The van der Waals surface area contributed by atoms with Crippen molar-refractivity contribution >= 4 is 0 Å². The van der Waals surface area contributed by atoms with Gasteiger partial charge in [0.2, 0.25) is 0 Å². The Morgan fingerprint density at radius 3 is 2.50 bits per heavy atom. The van der Waals surface area contributed by atoms with Crippen molar-refractivity contribution in [3.63, 3.8) is 0 Å². The first-order valence-electron chi connectivity index (χ1n) is 7.38. The molecule has 5 heteroatoms. The Bertz CT molecular complexity index is 568. The van der Waals surface area contributed by atoms with E-state index in [-0.39, 0.29) is 0 Å². The number of aliphatic hydroxyl groups excluding tert-OH is 1. The molecule has 20 heavy (non-hydrogen) atoms. The van der Waals surface area contributed by atoms with Gasteiger partial charge < -0.3 is 5.11 Å². The second kappa shape index (κ2) is 6.22. The van der Waals surface area contributed by atoms with Gasteiger partial charge in [-0.15, -0.1) is 0 Å². The predicted molar refractivity (Wildman–Crippen MR) is 78.6 cm³/mol. The van der Waals surface area contributed by atoms with Crippen molar-refractivity contribution in [2.45, 2.75) is 59.7 Å². The molecule has 0 amide bonds. The summed E-state index contributed by atoms with van der Waals surface area (Å²) in [5, 5.41) is 19.0. The summed E-state index contributed by atoms with van der Waals surface area (Å²) in [4.78, 5) is 0. The SMILES string of the molecule is CCc1nn(Cc2cnn(CC)c2)c(CC)c1C(C)O. The van der Waals surface area contributed by atoms with Crippen molar-refractivity contribution in [1.82, 2.24) is 19.6 Å². The van der Waals surface area contributed by atoms with E-state index in [1.54, 1.807) is 0 Å². The Kier molecular flexibility index (Phi) is 4.60. The average molecular weight is 276 g/mol. The standard InChI is InChI=1S/C15H24N4O/c1-5-13-15(11(4)20)14(6-2)19(17-13)10-12-8-16-18(7-3)9-12/h8-9,11,20H,5-7,10H2,1-4H3. The van der Waals surface area contributed by atoms with Gasteiger partial charge in [0.25, 0.3) is 0 Å². The predicted octanol–water partition coefficient (Wildman–Crippen LogP) is 2.33. The summed E-state index contributed by atoms with van der Waals surface area (Å²) >= 11 is 0. The molecule has 2 aromatic heterocycles. The van der Waals surface area contributed by atoms with Crippen LogP contribution in [0.5, 0.6) is 0 Å². The highest BCUT2D eigenvalue weighted by atomic mass is 16.3. The highest BCUT2D eigenvalue weighted by Gasteiger charge is 2.19. The van der Waals surface area contributed by atoms with E-state index in [9.17, 15) is 5.11 Å². The van der Waals surface area contributed by atoms with Gasteiger partial charge in [-0.1, -0.05) is 13.8 Å². The normalized spacial score (nSPS) is 12.8. The zero-order valence-electron chi connectivity index (χ0n) is 12.8. The summed E-state index contributed by atoms with van der Waals surface area (Å²) in [6.07, 6.45) is 5.18. The molecule has 0 bridgehead atoms. The molecule has 0 radical (unpaired) electrons. The lowest BCUT2D eigenvalue weighted by Crippen LogP contribution is -2.07. The smallest absolute Gasteiger partial charge is 0.0798 e. The van der Waals surface area contributed by atoms with Crippen molar-refractivity contribution in [2.24, 2.45) is 0 Å². The minimum absolute atomic E-state index is 0.466. The van der Waals surface area contributed by atoms with Gasteiger partial charge in [-0.3, -0.25) is 9.36 Å². The van der Waals surface area contributed by atoms with Gasteiger partial charge in [-0.25, -0.2) is 0 Å². The first kappa shape index (κ1) is 14.8. The van der Waals surface area contributed by atoms with Crippen molar-refractivity contribution in [3.8, 4) is 0 Å². The van der Waals surface area contributed by atoms with Gasteiger partial charge in [-0.2, -0.15) is 10.2 Å². The fourth-order valence-corrected chi connectivity index (χ4v) is 2.65. The largest absolute Gasteiger partial charge is 0.389 e. The molecule has 2 heterocycles. The molecule has 0 aliphatic carbocycles. The molecular formula is C15H24N4O. The van der Waals surface area contributed by atoms with E-state index < -0.39 is 6.10 Å².